The SMILES string of the molecule is Cc1csc2nc(C(=O)NC(C)(C)CC(C)(C)C)cn12. The van der Waals surface area contributed by atoms with Crippen LogP contribution in [0.15, 0.2) is 11.6 Å². The average Bonchev–Trinajstić information content (AvgIpc) is 2.76. The Hall–Kier alpha value is -1.36. The first-order chi connectivity index (χ1) is 9.07. The van der Waals surface area contributed by atoms with E-state index in [1.807, 2.05) is 22.9 Å². The molecule has 110 valence electrons. The third-order valence-electron chi connectivity index (χ3n) is 3.05. The molecule has 0 unspecified atom stereocenters. The summed E-state index contributed by atoms with van der Waals surface area (Å²) < 4.78 is 1.95. The molecule has 0 spiro atoms. The second-order valence-corrected chi connectivity index (χ2v) is 8.07. The second kappa shape index (κ2) is 4.88. The molecular weight excluding hydrogens is 270 g/mol. The standard InChI is InChI=1S/C15H23N3OS/c1-10-8-20-13-16-11(7-18(10)13)12(19)17-15(5,6)9-14(2,3)4/h7-8H,9H2,1-6H3,(H,17,19). The van der Waals surface area contributed by atoms with Gasteiger partial charge in [0.1, 0.15) is 5.69 Å². The molecule has 2 aromatic rings. The third-order valence-corrected chi connectivity index (χ3v) is 4.00. The maximum absolute atomic E-state index is 12.3. The highest BCUT2D eigenvalue weighted by Gasteiger charge is 2.28. The van der Waals surface area contributed by atoms with E-state index in [-0.39, 0.29) is 16.9 Å². The number of aryl methyl sites for hydroxylation is 1. The Morgan fingerprint density at radius 2 is 2.00 bits per heavy atom. The van der Waals surface area contributed by atoms with Gasteiger partial charge >= 0.3 is 0 Å². The molecule has 1 amide bonds. The quantitative estimate of drug-likeness (QED) is 0.939. The summed E-state index contributed by atoms with van der Waals surface area (Å²) in [5.74, 6) is -0.102. The summed E-state index contributed by atoms with van der Waals surface area (Å²) >= 11 is 1.55. The Morgan fingerprint density at radius 1 is 1.35 bits per heavy atom. The normalized spacial score (nSPS) is 12.9. The lowest BCUT2D eigenvalue weighted by atomic mass is 9.82. The minimum Gasteiger partial charge on any atom is -0.346 e. The van der Waals surface area contributed by atoms with Crippen LogP contribution in [0.1, 0.15) is 57.2 Å². The van der Waals surface area contributed by atoms with Gasteiger partial charge in [-0.2, -0.15) is 0 Å². The highest BCUT2D eigenvalue weighted by atomic mass is 32.1. The molecule has 0 atom stereocenters. The Balaban J connectivity index is 2.15. The maximum atomic E-state index is 12.3. The van der Waals surface area contributed by atoms with Crippen LogP contribution in [0.2, 0.25) is 0 Å². The van der Waals surface area contributed by atoms with Gasteiger partial charge in [0.25, 0.3) is 5.91 Å². The molecule has 0 saturated carbocycles. The number of hydrogen-bond donors (Lipinski definition) is 1. The molecule has 0 bridgehead atoms. The van der Waals surface area contributed by atoms with Gasteiger partial charge in [0, 0.05) is 22.8 Å². The maximum Gasteiger partial charge on any atom is 0.271 e. The lowest BCUT2D eigenvalue weighted by molar-refractivity contribution is 0.0887. The number of nitrogens with one attached hydrogen (secondary N) is 1. The molecule has 0 aliphatic rings. The largest absolute Gasteiger partial charge is 0.346 e. The second-order valence-electron chi connectivity index (χ2n) is 7.23. The molecule has 2 heterocycles. The first-order valence-electron chi connectivity index (χ1n) is 6.83. The molecule has 1 N–H and O–H groups in total. The fourth-order valence-electron chi connectivity index (χ4n) is 2.74. The third kappa shape index (κ3) is 3.39. The summed E-state index contributed by atoms with van der Waals surface area (Å²) in [6.45, 7) is 12.7. The molecule has 2 rings (SSSR count). The molecule has 2 aromatic heterocycles. The van der Waals surface area contributed by atoms with Gasteiger partial charge in [-0.05, 0) is 32.6 Å². The van der Waals surface area contributed by atoms with Gasteiger partial charge in [-0.15, -0.1) is 11.3 Å². The van der Waals surface area contributed by atoms with E-state index in [1.54, 1.807) is 11.3 Å². The van der Waals surface area contributed by atoms with Gasteiger partial charge in [-0.3, -0.25) is 9.20 Å². The van der Waals surface area contributed by atoms with Crippen LogP contribution in [-0.4, -0.2) is 20.8 Å². The summed E-state index contributed by atoms with van der Waals surface area (Å²) in [6, 6.07) is 0. The molecule has 0 aliphatic heterocycles. The van der Waals surface area contributed by atoms with Crippen LogP contribution in [0.5, 0.6) is 0 Å². The fourth-order valence-corrected chi connectivity index (χ4v) is 3.60. The molecule has 4 nitrogen and oxygen atoms in total. The van der Waals surface area contributed by atoms with Crippen molar-refractivity contribution in [2.75, 3.05) is 0 Å². The van der Waals surface area contributed by atoms with E-state index in [9.17, 15) is 4.79 Å². The van der Waals surface area contributed by atoms with E-state index in [1.165, 1.54) is 0 Å². The highest BCUT2D eigenvalue weighted by molar-refractivity contribution is 7.15. The Morgan fingerprint density at radius 3 is 2.55 bits per heavy atom. The van der Waals surface area contributed by atoms with Crippen LogP contribution >= 0.6 is 11.3 Å². The van der Waals surface area contributed by atoms with Gasteiger partial charge in [-0.1, -0.05) is 20.8 Å². The Labute approximate surface area is 124 Å². The summed E-state index contributed by atoms with van der Waals surface area (Å²) in [4.78, 5) is 17.6. The van der Waals surface area contributed by atoms with Gasteiger partial charge in [0.2, 0.25) is 0 Å². The van der Waals surface area contributed by atoms with Crippen molar-refractivity contribution in [2.24, 2.45) is 5.41 Å². The van der Waals surface area contributed by atoms with Gasteiger partial charge in [-0.25, -0.2) is 4.98 Å². The van der Waals surface area contributed by atoms with E-state index < -0.39 is 0 Å². The van der Waals surface area contributed by atoms with Crippen molar-refractivity contribution in [3.8, 4) is 0 Å². The summed E-state index contributed by atoms with van der Waals surface area (Å²) in [6.07, 6.45) is 2.72. The molecule has 5 heteroatoms. The fraction of sp³-hybridized carbons (Fsp3) is 0.600. The lowest BCUT2D eigenvalue weighted by Gasteiger charge is -2.33. The average molecular weight is 293 g/mol. The molecular formula is C15H23N3OS. The number of carbonyl (C=O) groups excluding carboxylic acids is 1. The first-order valence-corrected chi connectivity index (χ1v) is 7.71. The van der Waals surface area contributed by atoms with E-state index >= 15 is 0 Å². The number of rotatable bonds is 3. The Bertz CT molecular complexity index is 631. The number of nitrogens with zero attached hydrogens (tertiary/aromatic N) is 2. The van der Waals surface area contributed by atoms with Crippen molar-refractivity contribution in [3.63, 3.8) is 0 Å². The van der Waals surface area contributed by atoms with Gasteiger partial charge in [0.05, 0.1) is 0 Å². The Kier molecular flexibility index (Phi) is 3.67. The molecule has 0 fully saturated rings. The molecule has 0 aromatic carbocycles. The van der Waals surface area contributed by atoms with Gasteiger partial charge < -0.3 is 5.32 Å². The topological polar surface area (TPSA) is 46.4 Å². The van der Waals surface area contributed by atoms with Crippen molar-refractivity contribution in [1.82, 2.24) is 14.7 Å². The number of hydrogen-bond acceptors (Lipinski definition) is 3. The van der Waals surface area contributed by atoms with Gasteiger partial charge in [0.15, 0.2) is 4.96 Å². The molecule has 20 heavy (non-hydrogen) atoms. The molecule has 0 saturated heterocycles. The smallest absolute Gasteiger partial charge is 0.271 e. The highest BCUT2D eigenvalue weighted by Crippen LogP contribution is 2.27. The lowest BCUT2D eigenvalue weighted by Crippen LogP contribution is -2.45. The molecule has 0 aliphatic carbocycles. The zero-order chi connectivity index (χ0) is 15.1. The number of carbonyl (C=O) groups is 1. The van der Waals surface area contributed by atoms with E-state index in [2.05, 4.69) is 44.9 Å². The number of aromatic nitrogens is 2. The van der Waals surface area contributed by atoms with E-state index in [4.69, 9.17) is 0 Å². The monoisotopic (exact) mass is 293 g/mol. The van der Waals surface area contributed by atoms with Crippen LogP contribution in [0.25, 0.3) is 4.96 Å². The first kappa shape index (κ1) is 15.0. The predicted octanol–water partition coefficient (Wildman–Crippen LogP) is 3.65. The minimum absolute atomic E-state index is 0.102. The van der Waals surface area contributed by atoms with Crippen LogP contribution in [-0.2, 0) is 0 Å². The van der Waals surface area contributed by atoms with Crippen LogP contribution < -0.4 is 5.32 Å². The number of amides is 1. The predicted molar refractivity (Wildman–Crippen MR) is 83.4 cm³/mol. The van der Waals surface area contributed by atoms with Crippen molar-refractivity contribution in [3.05, 3.63) is 23.0 Å². The molecule has 0 radical (unpaired) electrons. The number of fused-ring (bicyclic) bond motifs is 1. The van der Waals surface area contributed by atoms with Crippen LogP contribution in [0.3, 0.4) is 0 Å². The van der Waals surface area contributed by atoms with Crippen molar-refractivity contribution in [1.29, 1.82) is 0 Å². The van der Waals surface area contributed by atoms with Crippen LogP contribution in [0, 0.1) is 12.3 Å². The minimum atomic E-state index is -0.249. The zero-order valence-corrected chi connectivity index (χ0v) is 13.9. The van der Waals surface area contributed by atoms with E-state index in [0.717, 1.165) is 17.1 Å². The summed E-state index contributed by atoms with van der Waals surface area (Å²) in [5.41, 5.74) is 1.51. The van der Waals surface area contributed by atoms with Crippen molar-refractivity contribution in [2.45, 2.75) is 53.5 Å². The zero-order valence-electron chi connectivity index (χ0n) is 13.1. The van der Waals surface area contributed by atoms with Crippen molar-refractivity contribution >= 4 is 22.2 Å². The number of imidazole rings is 1. The summed E-state index contributed by atoms with van der Waals surface area (Å²) in [5, 5.41) is 5.12. The number of thiazole rings is 1. The van der Waals surface area contributed by atoms with E-state index in [0.29, 0.717) is 5.69 Å². The summed E-state index contributed by atoms with van der Waals surface area (Å²) in [7, 11) is 0. The van der Waals surface area contributed by atoms with Crippen LogP contribution in [0.4, 0.5) is 0 Å². The van der Waals surface area contributed by atoms with Crippen molar-refractivity contribution < 1.29 is 4.79 Å².